The lowest BCUT2D eigenvalue weighted by Gasteiger charge is -2.13. The molecule has 12 heteroatoms. The molecule has 0 aliphatic carbocycles. The van der Waals surface area contributed by atoms with Crippen LogP contribution in [0.2, 0.25) is 10.0 Å². The van der Waals surface area contributed by atoms with E-state index in [0.717, 1.165) is 10.2 Å². The van der Waals surface area contributed by atoms with Crippen LogP contribution in [0.25, 0.3) is 0 Å². The van der Waals surface area contributed by atoms with Crippen LogP contribution in [0.3, 0.4) is 0 Å². The molecule has 0 saturated heterocycles. The van der Waals surface area contributed by atoms with Crippen molar-refractivity contribution in [3.63, 3.8) is 0 Å². The van der Waals surface area contributed by atoms with Gasteiger partial charge in [-0.15, -0.1) is 0 Å². The Morgan fingerprint density at radius 3 is 2.50 bits per heavy atom. The molecule has 30 heavy (non-hydrogen) atoms. The third-order valence-corrected chi connectivity index (χ3v) is 5.94. The summed E-state index contributed by atoms with van der Waals surface area (Å²) in [5, 5.41) is 11.0. The second kappa shape index (κ2) is 8.60. The summed E-state index contributed by atoms with van der Waals surface area (Å²) in [7, 11) is 0. The third kappa shape index (κ3) is 4.65. The Balaban J connectivity index is 1.78. The van der Waals surface area contributed by atoms with E-state index < -0.39 is 23.8 Å². The number of aromatic nitrogens is 4. The van der Waals surface area contributed by atoms with Gasteiger partial charge in [-0.1, -0.05) is 41.4 Å². The Morgan fingerprint density at radius 2 is 1.90 bits per heavy atom. The highest BCUT2D eigenvalue weighted by molar-refractivity contribution is 9.10. The van der Waals surface area contributed by atoms with Crippen molar-refractivity contribution in [2.45, 2.75) is 32.6 Å². The number of amides is 1. The smallest absolute Gasteiger partial charge is 0.306 e. The van der Waals surface area contributed by atoms with Gasteiger partial charge in [-0.25, -0.2) is 0 Å². The Morgan fingerprint density at radius 1 is 1.23 bits per heavy atom. The fourth-order valence-electron chi connectivity index (χ4n) is 2.75. The van der Waals surface area contributed by atoms with E-state index >= 15 is 0 Å². The molecule has 1 amide bonds. The van der Waals surface area contributed by atoms with Crippen LogP contribution in [-0.2, 0) is 17.5 Å². The van der Waals surface area contributed by atoms with E-state index in [-0.39, 0.29) is 21.0 Å². The summed E-state index contributed by atoms with van der Waals surface area (Å²) in [5.41, 5.74) is -0.122. The molecule has 3 aromatic rings. The predicted octanol–water partition coefficient (Wildman–Crippen LogP) is 5.72. The van der Waals surface area contributed by atoms with E-state index in [1.165, 1.54) is 24.7 Å². The van der Waals surface area contributed by atoms with E-state index in [9.17, 15) is 18.0 Å². The molecular formula is C18H15BrCl2F3N5O. The molecule has 0 fully saturated rings. The summed E-state index contributed by atoms with van der Waals surface area (Å²) in [5.74, 6) is -0.535. The Hall–Kier alpha value is -2.04. The quantitative estimate of drug-likeness (QED) is 0.464. The van der Waals surface area contributed by atoms with E-state index in [1.54, 1.807) is 12.1 Å². The number of carbonyl (C=O) groups excluding carboxylic acids is 1. The van der Waals surface area contributed by atoms with Crippen molar-refractivity contribution in [2.75, 3.05) is 5.32 Å². The number of carbonyl (C=O) groups is 1. The predicted molar refractivity (Wildman–Crippen MR) is 111 cm³/mol. The minimum Gasteiger partial charge on any atom is -0.306 e. The van der Waals surface area contributed by atoms with Crippen LogP contribution in [0.4, 0.5) is 19.0 Å². The Labute approximate surface area is 188 Å². The maximum atomic E-state index is 13.1. The van der Waals surface area contributed by atoms with Crippen molar-refractivity contribution in [1.29, 1.82) is 0 Å². The first-order valence-corrected chi connectivity index (χ1v) is 10.1. The van der Waals surface area contributed by atoms with Gasteiger partial charge in [-0.05, 0) is 41.4 Å². The molecule has 6 nitrogen and oxygen atoms in total. The van der Waals surface area contributed by atoms with Crippen molar-refractivity contribution in [3.05, 3.63) is 61.9 Å². The van der Waals surface area contributed by atoms with Crippen LogP contribution in [0, 0.1) is 6.92 Å². The van der Waals surface area contributed by atoms with Crippen molar-refractivity contribution in [3.8, 4) is 0 Å². The highest BCUT2D eigenvalue weighted by Crippen LogP contribution is 2.36. The molecule has 0 aliphatic rings. The number of halogens is 6. The van der Waals surface area contributed by atoms with Gasteiger partial charge in [-0.2, -0.15) is 23.4 Å². The second-order valence-electron chi connectivity index (χ2n) is 6.47. The van der Waals surface area contributed by atoms with Crippen molar-refractivity contribution < 1.29 is 18.0 Å². The molecule has 2 heterocycles. The van der Waals surface area contributed by atoms with E-state index in [1.807, 2.05) is 12.1 Å². The lowest BCUT2D eigenvalue weighted by molar-refractivity contribution is -0.142. The Bertz CT molecular complexity index is 1100. The Kier molecular flexibility index (Phi) is 6.49. The van der Waals surface area contributed by atoms with Crippen molar-refractivity contribution in [2.24, 2.45) is 0 Å². The molecule has 0 aliphatic heterocycles. The number of nitrogens with zero attached hydrogens (tertiary/aromatic N) is 4. The third-order valence-electron chi connectivity index (χ3n) is 4.34. The van der Waals surface area contributed by atoms with Gasteiger partial charge < -0.3 is 5.32 Å². The average Bonchev–Trinajstić information content (AvgIpc) is 3.16. The van der Waals surface area contributed by atoms with Gasteiger partial charge in [-0.3, -0.25) is 14.2 Å². The molecular weight excluding hydrogens is 510 g/mol. The number of anilines is 1. The number of rotatable bonds is 5. The summed E-state index contributed by atoms with van der Waals surface area (Å²) in [6.07, 6.45) is -3.13. The number of alkyl halides is 3. The van der Waals surface area contributed by atoms with Crippen LogP contribution in [0.5, 0.6) is 0 Å². The molecule has 1 unspecified atom stereocenters. The van der Waals surface area contributed by atoms with Gasteiger partial charge in [0.2, 0.25) is 5.91 Å². The molecule has 0 radical (unpaired) electrons. The van der Waals surface area contributed by atoms with Gasteiger partial charge in [0.05, 0.1) is 16.7 Å². The van der Waals surface area contributed by atoms with Crippen LogP contribution in [-0.4, -0.2) is 25.5 Å². The molecule has 1 atom stereocenters. The zero-order chi connectivity index (χ0) is 22.2. The summed E-state index contributed by atoms with van der Waals surface area (Å²) in [6.45, 7) is 3.18. The highest BCUT2D eigenvalue weighted by Gasteiger charge is 2.39. The van der Waals surface area contributed by atoms with Gasteiger partial charge in [0.15, 0.2) is 11.5 Å². The molecule has 1 aromatic carbocycles. The molecule has 0 saturated carbocycles. The van der Waals surface area contributed by atoms with Crippen molar-refractivity contribution in [1.82, 2.24) is 19.6 Å². The molecule has 160 valence electrons. The largest absolute Gasteiger partial charge is 0.436 e. The standard InChI is InChI=1S/C18H15BrCl2F3N5O/c1-9-14(19)15(18(22,23)24)26-29(9)10(2)17(30)25-16-13(21)8-28(27-16)7-11-5-3-4-6-12(11)20/h3-6,8,10H,7H2,1-2H3,(H,25,27,30). The van der Waals surface area contributed by atoms with Crippen LogP contribution < -0.4 is 5.32 Å². The molecule has 1 N–H and O–H groups in total. The van der Waals surface area contributed by atoms with E-state index in [0.29, 0.717) is 11.6 Å². The van der Waals surface area contributed by atoms with Crippen LogP contribution in [0.15, 0.2) is 34.9 Å². The maximum absolute atomic E-state index is 13.1. The summed E-state index contributed by atoms with van der Waals surface area (Å²) < 4.78 is 41.5. The van der Waals surface area contributed by atoms with Gasteiger partial charge in [0.25, 0.3) is 0 Å². The first-order valence-electron chi connectivity index (χ1n) is 8.58. The van der Waals surface area contributed by atoms with E-state index in [4.69, 9.17) is 23.2 Å². The zero-order valence-electron chi connectivity index (χ0n) is 15.6. The first kappa shape index (κ1) is 22.6. The van der Waals surface area contributed by atoms with E-state index in [2.05, 4.69) is 31.4 Å². The SMILES string of the molecule is Cc1c(Br)c(C(F)(F)F)nn1C(C)C(=O)Nc1nn(Cc2ccccc2Cl)cc1Cl. The summed E-state index contributed by atoms with van der Waals surface area (Å²) >= 11 is 15.2. The van der Waals surface area contributed by atoms with Crippen molar-refractivity contribution >= 4 is 50.9 Å². The van der Waals surface area contributed by atoms with Gasteiger partial charge in [0.1, 0.15) is 11.1 Å². The second-order valence-corrected chi connectivity index (χ2v) is 8.08. The molecule has 3 rings (SSSR count). The molecule has 0 spiro atoms. The summed E-state index contributed by atoms with van der Waals surface area (Å²) in [4.78, 5) is 12.6. The molecule has 2 aromatic heterocycles. The monoisotopic (exact) mass is 523 g/mol. The zero-order valence-corrected chi connectivity index (χ0v) is 18.7. The molecule has 0 bridgehead atoms. The number of nitrogens with one attached hydrogen (secondary N) is 1. The first-order chi connectivity index (χ1) is 14.0. The average molecular weight is 525 g/mol. The number of hydrogen-bond acceptors (Lipinski definition) is 3. The van der Waals surface area contributed by atoms with Gasteiger partial charge >= 0.3 is 6.18 Å². The normalized spacial score (nSPS) is 12.8. The number of benzene rings is 1. The fourth-order valence-corrected chi connectivity index (χ4v) is 3.63. The van der Waals surface area contributed by atoms with Gasteiger partial charge in [0, 0.05) is 11.2 Å². The number of hydrogen-bond donors (Lipinski definition) is 1. The highest BCUT2D eigenvalue weighted by atomic mass is 79.9. The fraction of sp³-hybridized carbons (Fsp3) is 0.278. The topological polar surface area (TPSA) is 64.7 Å². The van der Waals surface area contributed by atoms with Crippen LogP contribution in [0.1, 0.15) is 29.9 Å². The van der Waals surface area contributed by atoms with Crippen LogP contribution >= 0.6 is 39.1 Å². The summed E-state index contributed by atoms with van der Waals surface area (Å²) in [6, 6.07) is 6.16. The lowest BCUT2D eigenvalue weighted by Crippen LogP contribution is -2.26. The lowest BCUT2D eigenvalue weighted by atomic mass is 10.2. The minimum atomic E-state index is -4.65. The maximum Gasteiger partial charge on any atom is 0.436 e. The minimum absolute atomic E-state index is 0.0838.